The summed E-state index contributed by atoms with van der Waals surface area (Å²) in [5.74, 6) is -0.579. The van der Waals surface area contributed by atoms with E-state index >= 15 is 0 Å². The topological polar surface area (TPSA) is 91.3 Å². The number of nitrogens with one attached hydrogen (secondary N) is 2. The lowest BCUT2D eigenvalue weighted by molar-refractivity contribution is -0.137. The molecule has 0 fully saturated rings. The fraction of sp³-hybridized carbons (Fsp3) is 0.545. The summed E-state index contributed by atoms with van der Waals surface area (Å²) in [6, 6.07) is 0.435. The molecule has 1 heterocycles. The number of halogens is 4. The molecule has 0 aliphatic carbocycles. The summed E-state index contributed by atoms with van der Waals surface area (Å²) in [6.45, 7) is -1.57. The maximum Gasteiger partial charge on any atom is 0.419 e. The van der Waals surface area contributed by atoms with Gasteiger partial charge in [-0.3, -0.25) is 4.39 Å². The first-order valence-electron chi connectivity index (χ1n) is 6.20. The molecule has 126 valence electrons. The van der Waals surface area contributed by atoms with Gasteiger partial charge in [-0.1, -0.05) is 0 Å². The Balaban J connectivity index is 3.13. The molecule has 0 radical (unpaired) electrons. The first kappa shape index (κ1) is 18.6. The maximum absolute atomic E-state index is 12.9. The molecule has 0 spiro atoms. The van der Waals surface area contributed by atoms with Crippen LogP contribution in [0.15, 0.2) is 17.2 Å². The van der Waals surface area contributed by atoms with Crippen LogP contribution in [-0.2, 0) is 16.2 Å². The zero-order valence-electron chi connectivity index (χ0n) is 11.3. The minimum Gasteiger partial charge on any atom is -0.395 e. The van der Waals surface area contributed by atoms with Crippen molar-refractivity contribution < 1.29 is 31.1 Å². The van der Waals surface area contributed by atoms with Gasteiger partial charge in [0.2, 0.25) is 10.0 Å². The lowest BCUT2D eigenvalue weighted by atomic mass is 10.2. The molecule has 0 saturated heterocycles. The molecule has 3 N–H and O–H groups in total. The van der Waals surface area contributed by atoms with Gasteiger partial charge in [0.1, 0.15) is 10.7 Å². The van der Waals surface area contributed by atoms with E-state index in [4.69, 9.17) is 5.11 Å². The van der Waals surface area contributed by atoms with Gasteiger partial charge in [0.25, 0.3) is 0 Å². The number of anilines is 1. The number of aromatic nitrogens is 1. The van der Waals surface area contributed by atoms with E-state index in [2.05, 4.69) is 10.3 Å². The van der Waals surface area contributed by atoms with Crippen molar-refractivity contribution in [3.63, 3.8) is 0 Å². The second-order valence-corrected chi connectivity index (χ2v) is 5.92. The summed E-state index contributed by atoms with van der Waals surface area (Å²) < 4.78 is 76.4. The SMILES string of the molecule is O=S(=O)(NCCCF)c1cnc(NCCO)c(C(F)(F)F)c1. The van der Waals surface area contributed by atoms with Crippen LogP contribution in [0.1, 0.15) is 12.0 Å². The number of pyridine rings is 1. The summed E-state index contributed by atoms with van der Waals surface area (Å²) in [5, 5.41) is 10.9. The molecule has 6 nitrogen and oxygen atoms in total. The van der Waals surface area contributed by atoms with Gasteiger partial charge in [-0.05, 0) is 12.5 Å². The molecule has 0 aliphatic heterocycles. The van der Waals surface area contributed by atoms with Crippen LogP contribution in [0, 0.1) is 0 Å². The Morgan fingerprint density at radius 2 is 1.95 bits per heavy atom. The van der Waals surface area contributed by atoms with E-state index in [1.54, 1.807) is 0 Å². The van der Waals surface area contributed by atoms with E-state index in [9.17, 15) is 26.0 Å². The van der Waals surface area contributed by atoms with E-state index in [1.165, 1.54) is 0 Å². The summed E-state index contributed by atoms with van der Waals surface area (Å²) in [7, 11) is -4.21. The molecule has 1 rings (SSSR count). The first-order chi connectivity index (χ1) is 10.2. The van der Waals surface area contributed by atoms with Gasteiger partial charge in [-0.15, -0.1) is 0 Å². The molecule has 0 amide bonds. The molecule has 1 aromatic rings. The average Bonchev–Trinajstić information content (AvgIpc) is 2.44. The Bertz CT molecular complexity index is 593. The highest BCUT2D eigenvalue weighted by Crippen LogP contribution is 2.34. The number of aliphatic hydroxyl groups is 1. The van der Waals surface area contributed by atoms with Gasteiger partial charge in [-0.25, -0.2) is 18.1 Å². The molecule has 1 aromatic heterocycles. The standard InChI is InChI=1S/C11H15F4N3O3S/c12-2-1-3-18-22(20,21)8-6-9(11(13,14)15)10(17-7-8)16-4-5-19/h6-7,18-19H,1-5H2,(H,16,17). The largest absolute Gasteiger partial charge is 0.419 e. The first-order valence-corrected chi connectivity index (χ1v) is 7.68. The molecule has 0 aromatic carbocycles. The smallest absolute Gasteiger partial charge is 0.395 e. The number of hydrogen-bond donors (Lipinski definition) is 3. The van der Waals surface area contributed by atoms with Crippen LogP contribution in [0.25, 0.3) is 0 Å². The summed E-state index contributed by atoms with van der Waals surface area (Å²) in [5.41, 5.74) is -1.27. The third-order valence-electron chi connectivity index (χ3n) is 2.49. The van der Waals surface area contributed by atoms with Gasteiger partial charge in [-0.2, -0.15) is 13.2 Å². The van der Waals surface area contributed by atoms with Crippen LogP contribution in [-0.4, -0.2) is 44.9 Å². The number of nitrogens with zero attached hydrogens (tertiary/aromatic N) is 1. The van der Waals surface area contributed by atoms with Crippen molar-refractivity contribution in [3.05, 3.63) is 17.8 Å². The normalized spacial score (nSPS) is 12.4. The van der Waals surface area contributed by atoms with Crippen LogP contribution in [0.3, 0.4) is 0 Å². The fourth-order valence-corrected chi connectivity index (χ4v) is 2.52. The second-order valence-electron chi connectivity index (χ2n) is 4.16. The predicted octanol–water partition coefficient (Wildman–Crippen LogP) is 1.14. The average molecular weight is 345 g/mol. The highest BCUT2D eigenvalue weighted by molar-refractivity contribution is 7.89. The van der Waals surface area contributed by atoms with Gasteiger partial charge in [0.05, 0.1) is 18.8 Å². The van der Waals surface area contributed by atoms with Gasteiger partial charge in [0, 0.05) is 19.3 Å². The third-order valence-corrected chi connectivity index (χ3v) is 3.91. The minimum atomic E-state index is -4.82. The van der Waals surface area contributed by atoms with Crippen molar-refractivity contribution >= 4 is 15.8 Å². The number of rotatable bonds is 8. The quantitative estimate of drug-likeness (QED) is 0.486. The van der Waals surface area contributed by atoms with Crippen LogP contribution >= 0.6 is 0 Å². The Morgan fingerprint density at radius 1 is 1.27 bits per heavy atom. The lowest BCUT2D eigenvalue weighted by Crippen LogP contribution is -2.26. The highest BCUT2D eigenvalue weighted by Gasteiger charge is 2.35. The van der Waals surface area contributed by atoms with Crippen LogP contribution < -0.4 is 10.0 Å². The molecule has 0 saturated carbocycles. The maximum atomic E-state index is 12.9. The predicted molar refractivity (Wildman–Crippen MR) is 70.6 cm³/mol. The summed E-state index contributed by atoms with van der Waals surface area (Å²) >= 11 is 0. The molecule has 0 bridgehead atoms. The minimum absolute atomic E-state index is 0.0884. The number of sulfonamides is 1. The van der Waals surface area contributed by atoms with Crippen molar-refractivity contribution in [2.24, 2.45) is 0 Å². The molecule has 0 unspecified atom stereocenters. The van der Waals surface area contributed by atoms with E-state index in [0.29, 0.717) is 6.07 Å². The Kier molecular flexibility index (Phi) is 6.50. The van der Waals surface area contributed by atoms with Crippen LogP contribution in [0.5, 0.6) is 0 Å². The lowest BCUT2D eigenvalue weighted by Gasteiger charge is -2.14. The van der Waals surface area contributed by atoms with Crippen molar-refractivity contribution in [2.45, 2.75) is 17.5 Å². The van der Waals surface area contributed by atoms with Gasteiger partial charge in [0.15, 0.2) is 0 Å². The second kappa shape index (κ2) is 7.70. The summed E-state index contributed by atoms with van der Waals surface area (Å²) in [4.78, 5) is 2.77. The Labute approximate surface area is 124 Å². The Hall–Kier alpha value is -1.46. The third kappa shape index (κ3) is 5.07. The van der Waals surface area contributed by atoms with Crippen molar-refractivity contribution in [1.29, 1.82) is 0 Å². The number of alkyl halides is 4. The number of aliphatic hydroxyl groups excluding tert-OH is 1. The van der Waals surface area contributed by atoms with Crippen LogP contribution in [0.4, 0.5) is 23.4 Å². The summed E-state index contributed by atoms with van der Waals surface area (Å²) in [6.07, 6.45) is -4.16. The molecule has 0 aliphatic rings. The van der Waals surface area contributed by atoms with Crippen molar-refractivity contribution in [3.8, 4) is 0 Å². The molecule has 11 heteroatoms. The van der Waals surface area contributed by atoms with E-state index < -0.39 is 45.8 Å². The van der Waals surface area contributed by atoms with E-state index in [1.807, 2.05) is 4.72 Å². The highest BCUT2D eigenvalue weighted by atomic mass is 32.2. The zero-order valence-corrected chi connectivity index (χ0v) is 12.1. The molecule has 0 atom stereocenters. The zero-order chi connectivity index (χ0) is 16.8. The molecular formula is C11H15F4N3O3S. The van der Waals surface area contributed by atoms with Crippen LogP contribution in [0.2, 0.25) is 0 Å². The van der Waals surface area contributed by atoms with Crippen molar-refractivity contribution in [2.75, 3.05) is 31.7 Å². The number of hydrogen-bond acceptors (Lipinski definition) is 5. The monoisotopic (exact) mass is 345 g/mol. The van der Waals surface area contributed by atoms with E-state index in [-0.39, 0.29) is 19.5 Å². The van der Waals surface area contributed by atoms with Crippen molar-refractivity contribution in [1.82, 2.24) is 9.71 Å². The fourth-order valence-electron chi connectivity index (χ4n) is 1.48. The molecular weight excluding hydrogens is 330 g/mol. The van der Waals surface area contributed by atoms with E-state index in [0.717, 1.165) is 6.20 Å². The van der Waals surface area contributed by atoms with Gasteiger partial charge < -0.3 is 10.4 Å². The molecule has 22 heavy (non-hydrogen) atoms. The Morgan fingerprint density at radius 3 is 2.50 bits per heavy atom. The van der Waals surface area contributed by atoms with Gasteiger partial charge >= 0.3 is 6.18 Å².